The maximum atomic E-state index is 11.9. The molecule has 1 N–H and O–H groups in total. The zero-order valence-electron chi connectivity index (χ0n) is 12.6. The topological polar surface area (TPSA) is 65.4 Å². The summed E-state index contributed by atoms with van der Waals surface area (Å²) in [6.45, 7) is 9.52. The van der Waals surface area contributed by atoms with Gasteiger partial charge in [0.05, 0.1) is 13.2 Å². The summed E-state index contributed by atoms with van der Waals surface area (Å²) in [5.74, 6) is -0.249. The summed E-state index contributed by atoms with van der Waals surface area (Å²) in [6.07, 6.45) is 1.43. The Kier molecular flexibility index (Phi) is 6.66. The number of nitrogens with one attached hydrogen (secondary N) is 1. The fraction of sp³-hybridized carbons (Fsp3) is 0.867. The second-order valence-electron chi connectivity index (χ2n) is 6.28. The lowest BCUT2D eigenvalue weighted by Gasteiger charge is -2.32. The highest BCUT2D eigenvalue weighted by Gasteiger charge is 2.48. The lowest BCUT2D eigenvalue weighted by molar-refractivity contribution is -0.145. The minimum atomic E-state index is -0.674. The summed E-state index contributed by atoms with van der Waals surface area (Å²) in [5.41, 5.74) is -0.842. The van der Waals surface area contributed by atoms with Crippen LogP contribution >= 0.6 is 0 Å². The maximum Gasteiger partial charge on any atom is 0.323 e. The van der Waals surface area contributed by atoms with Gasteiger partial charge in [0.2, 0.25) is 0 Å². The number of rotatable bonds is 4. The molecule has 116 valence electrons. The first-order valence-electron chi connectivity index (χ1n) is 6.79. The second kappa shape index (κ2) is 7.05. The molecule has 1 aliphatic rings. The van der Waals surface area contributed by atoms with Crippen LogP contribution in [0.3, 0.4) is 0 Å². The standard InChI is InChI=1S/C14H25N3O2.CH4/c1-6-7-17-10-14(9-15,16-13(2,3)4)8-11(17)12(18)19-5;/h11,16H,6-8,10H2,1-5H3;1H4. The van der Waals surface area contributed by atoms with E-state index in [0.29, 0.717) is 13.0 Å². The third-order valence-electron chi connectivity index (χ3n) is 3.27. The van der Waals surface area contributed by atoms with Gasteiger partial charge in [-0.3, -0.25) is 15.0 Å². The fourth-order valence-electron chi connectivity index (χ4n) is 2.79. The monoisotopic (exact) mass is 283 g/mol. The van der Waals surface area contributed by atoms with Gasteiger partial charge in [0.15, 0.2) is 0 Å². The van der Waals surface area contributed by atoms with Crippen LogP contribution < -0.4 is 5.32 Å². The first-order chi connectivity index (χ1) is 8.77. The molecular formula is C15H29N3O2. The highest BCUT2D eigenvalue weighted by Crippen LogP contribution is 2.29. The summed E-state index contributed by atoms with van der Waals surface area (Å²) < 4.78 is 4.86. The Morgan fingerprint density at radius 1 is 1.55 bits per heavy atom. The fourth-order valence-corrected chi connectivity index (χ4v) is 2.79. The van der Waals surface area contributed by atoms with Crippen molar-refractivity contribution in [3.05, 3.63) is 0 Å². The van der Waals surface area contributed by atoms with Crippen molar-refractivity contribution < 1.29 is 9.53 Å². The first-order valence-corrected chi connectivity index (χ1v) is 6.79. The van der Waals surface area contributed by atoms with Crippen LogP contribution in [0.2, 0.25) is 0 Å². The second-order valence-corrected chi connectivity index (χ2v) is 6.28. The predicted molar refractivity (Wildman–Crippen MR) is 80.2 cm³/mol. The van der Waals surface area contributed by atoms with Crippen LogP contribution in [0, 0.1) is 11.3 Å². The van der Waals surface area contributed by atoms with Crippen molar-refractivity contribution in [2.24, 2.45) is 0 Å². The third kappa shape index (κ3) is 4.46. The average Bonchev–Trinajstić information content (AvgIpc) is 2.66. The maximum absolute atomic E-state index is 11.9. The Morgan fingerprint density at radius 2 is 2.15 bits per heavy atom. The van der Waals surface area contributed by atoms with Crippen molar-refractivity contribution in [1.29, 1.82) is 5.26 Å². The van der Waals surface area contributed by atoms with Gasteiger partial charge in [-0.05, 0) is 33.7 Å². The molecule has 0 saturated carbocycles. The van der Waals surface area contributed by atoms with E-state index in [1.54, 1.807) is 0 Å². The van der Waals surface area contributed by atoms with Crippen molar-refractivity contribution in [2.75, 3.05) is 20.2 Å². The van der Waals surface area contributed by atoms with Crippen LogP contribution in [0.15, 0.2) is 0 Å². The number of hydrogen-bond acceptors (Lipinski definition) is 5. The minimum absolute atomic E-state index is 0. The van der Waals surface area contributed by atoms with Crippen LogP contribution in [-0.2, 0) is 9.53 Å². The van der Waals surface area contributed by atoms with E-state index in [4.69, 9.17) is 4.74 Å². The van der Waals surface area contributed by atoms with E-state index in [1.165, 1.54) is 7.11 Å². The largest absolute Gasteiger partial charge is 0.468 e. The van der Waals surface area contributed by atoms with Crippen LogP contribution in [0.4, 0.5) is 0 Å². The number of hydrogen-bond donors (Lipinski definition) is 1. The normalized spacial score (nSPS) is 26.7. The van der Waals surface area contributed by atoms with Gasteiger partial charge in [0.1, 0.15) is 11.6 Å². The molecule has 0 radical (unpaired) electrons. The highest BCUT2D eigenvalue weighted by molar-refractivity contribution is 5.76. The molecule has 1 rings (SSSR count). The Balaban J connectivity index is 0.00000361. The van der Waals surface area contributed by atoms with Crippen molar-refractivity contribution in [2.45, 2.75) is 65.1 Å². The zero-order valence-corrected chi connectivity index (χ0v) is 12.6. The van der Waals surface area contributed by atoms with E-state index >= 15 is 0 Å². The van der Waals surface area contributed by atoms with Crippen LogP contribution in [0.5, 0.6) is 0 Å². The van der Waals surface area contributed by atoms with E-state index in [9.17, 15) is 10.1 Å². The molecule has 0 aromatic carbocycles. The van der Waals surface area contributed by atoms with Crippen molar-refractivity contribution in [3.8, 4) is 6.07 Å². The summed E-state index contributed by atoms with van der Waals surface area (Å²) in [4.78, 5) is 13.9. The molecule has 5 nitrogen and oxygen atoms in total. The molecule has 0 aromatic heterocycles. The molecule has 1 aliphatic heterocycles. The molecule has 5 heteroatoms. The molecule has 0 bridgehead atoms. The lowest BCUT2D eigenvalue weighted by atomic mass is 9.93. The number of nitrogens with zero attached hydrogens (tertiary/aromatic N) is 2. The summed E-state index contributed by atoms with van der Waals surface area (Å²) in [7, 11) is 1.40. The van der Waals surface area contributed by atoms with E-state index in [1.807, 2.05) is 25.7 Å². The van der Waals surface area contributed by atoms with Gasteiger partial charge >= 0.3 is 5.97 Å². The van der Waals surface area contributed by atoms with E-state index < -0.39 is 5.54 Å². The van der Waals surface area contributed by atoms with Crippen molar-refractivity contribution in [3.63, 3.8) is 0 Å². The molecule has 0 spiro atoms. The molecule has 0 aliphatic carbocycles. The Bertz CT molecular complexity index is 370. The Morgan fingerprint density at radius 3 is 2.55 bits per heavy atom. The first kappa shape index (κ1) is 18.9. The van der Waals surface area contributed by atoms with Gasteiger partial charge in [-0.15, -0.1) is 0 Å². The average molecular weight is 283 g/mol. The van der Waals surface area contributed by atoms with Gasteiger partial charge in [-0.25, -0.2) is 0 Å². The molecule has 2 unspecified atom stereocenters. The van der Waals surface area contributed by atoms with Crippen LogP contribution in [0.25, 0.3) is 0 Å². The van der Waals surface area contributed by atoms with Gasteiger partial charge in [-0.2, -0.15) is 5.26 Å². The molecule has 0 aromatic rings. The molecule has 1 saturated heterocycles. The summed E-state index contributed by atoms with van der Waals surface area (Å²) in [5, 5.41) is 12.9. The molecule has 20 heavy (non-hydrogen) atoms. The molecular weight excluding hydrogens is 254 g/mol. The number of methoxy groups -OCH3 is 1. The Hall–Kier alpha value is -1.12. The molecule has 0 amide bonds. The van der Waals surface area contributed by atoms with Gasteiger partial charge in [-0.1, -0.05) is 14.4 Å². The number of likely N-dealkylation sites (tertiary alicyclic amines) is 1. The summed E-state index contributed by atoms with van der Waals surface area (Å²) in [6, 6.07) is 2.05. The quantitative estimate of drug-likeness (QED) is 0.799. The van der Waals surface area contributed by atoms with Gasteiger partial charge in [0.25, 0.3) is 0 Å². The number of carbonyl (C=O) groups is 1. The van der Waals surface area contributed by atoms with Gasteiger partial charge in [0, 0.05) is 18.5 Å². The SMILES string of the molecule is C.CCCN1CC(C#N)(NC(C)(C)C)CC1C(=O)OC. The van der Waals surface area contributed by atoms with Crippen molar-refractivity contribution in [1.82, 2.24) is 10.2 Å². The van der Waals surface area contributed by atoms with E-state index in [0.717, 1.165) is 13.0 Å². The predicted octanol–water partition coefficient (Wildman–Crippen LogP) is 1.93. The third-order valence-corrected chi connectivity index (χ3v) is 3.27. The number of ether oxygens (including phenoxy) is 1. The molecule has 1 heterocycles. The van der Waals surface area contributed by atoms with Crippen LogP contribution in [-0.4, -0.2) is 48.2 Å². The summed E-state index contributed by atoms with van der Waals surface area (Å²) >= 11 is 0. The number of nitriles is 1. The molecule has 1 fully saturated rings. The van der Waals surface area contributed by atoms with Gasteiger partial charge < -0.3 is 4.74 Å². The molecule has 2 atom stereocenters. The smallest absolute Gasteiger partial charge is 0.323 e. The highest BCUT2D eigenvalue weighted by atomic mass is 16.5. The number of carbonyl (C=O) groups excluding carboxylic acids is 1. The van der Waals surface area contributed by atoms with Crippen molar-refractivity contribution >= 4 is 5.97 Å². The lowest BCUT2D eigenvalue weighted by Crippen LogP contribution is -2.54. The number of esters is 1. The van der Waals surface area contributed by atoms with E-state index in [-0.39, 0.29) is 25.0 Å². The van der Waals surface area contributed by atoms with E-state index in [2.05, 4.69) is 18.3 Å². The Labute approximate surface area is 123 Å². The minimum Gasteiger partial charge on any atom is -0.468 e. The van der Waals surface area contributed by atoms with Crippen LogP contribution in [0.1, 0.15) is 48.0 Å². The zero-order chi connectivity index (χ0) is 14.7.